The Hall–Kier alpha value is -1.10. The highest BCUT2D eigenvalue weighted by atomic mass is 35.5. The number of carbonyl (C=O) groups is 1. The second-order valence-electron chi connectivity index (χ2n) is 5.68. The number of hydrogen-bond acceptors (Lipinski definition) is 3. The van der Waals surface area contributed by atoms with Crippen molar-refractivity contribution in [1.29, 1.82) is 0 Å². The van der Waals surface area contributed by atoms with Crippen LogP contribution in [0.5, 0.6) is 0 Å². The predicted molar refractivity (Wildman–Crippen MR) is 81.0 cm³/mol. The maximum absolute atomic E-state index is 11.9. The van der Waals surface area contributed by atoms with Crippen molar-refractivity contribution in [3.8, 4) is 0 Å². The summed E-state index contributed by atoms with van der Waals surface area (Å²) < 4.78 is 0. The number of rotatable bonds is 4. The molecule has 1 atom stereocenters. The monoisotopic (exact) mass is 293 g/mol. The highest BCUT2D eigenvalue weighted by Crippen LogP contribution is 2.27. The third-order valence-corrected chi connectivity index (χ3v) is 4.56. The fourth-order valence-corrected chi connectivity index (χ4v) is 3.28. The number of nitrogens with one attached hydrogen (secondary N) is 2. The molecule has 0 spiro atoms. The van der Waals surface area contributed by atoms with E-state index in [1.165, 1.54) is 25.9 Å². The first kappa shape index (κ1) is 13.9. The van der Waals surface area contributed by atoms with Crippen molar-refractivity contribution in [2.24, 2.45) is 5.92 Å². The van der Waals surface area contributed by atoms with E-state index >= 15 is 0 Å². The number of halogens is 1. The molecule has 0 aliphatic carbocycles. The zero-order chi connectivity index (χ0) is 13.9. The van der Waals surface area contributed by atoms with Gasteiger partial charge in [0, 0.05) is 23.3 Å². The Morgan fingerprint density at radius 2 is 1.95 bits per heavy atom. The highest BCUT2D eigenvalue weighted by molar-refractivity contribution is 6.30. The van der Waals surface area contributed by atoms with Crippen LogP contribution in [0, 0.1) is 5.92 Å². The van der Waals surface area contributed by atoms with Gasteiger partial charge in [0.15, 0.2) is 0 Å². The molecule has 3 saturated heterocycles. The van der Waals surface area contributed by atoms with Crippen LogP contribution in [0.2, 0.25) is 5.02 Å². The molecule has 20 heavy (non-hydrogen) atoms. The number of anilines is 1. The average molecular weight is 294 g/mol. The van der Waals surface area contributed by atoms with Gasteiger partial charge in [-0.1, -0.05) is 11.6 Å². The zero-order valence-electron chi connectivity index (χ0n) is 11.4. The number of benzene rings is 1. The van der Waals surface area contributed by atoms with Gasteiger partial charge in [-0.25, -0.2) is 0 Å². The van der Waals surface area contributed by atoms with Gasteiger partial charge in [0.2, 0.25) is 5.91 Å². The fraction of sp³-hybridized carbons (Fsp3) is 0.533. The van der Waals surface area contributed by atoms with Crippen LogP contribution in [0.1, 0.15) is 12.8 Å². The molecule has 4 rings (SSSR count). The molecule has 4 nitrogen and oxygen atoms in total. The van der Waals surface area contributed by atoms with Crippen LogP contribution >= 0.6 is 11.6 Å². The summed E-state index contributed by atoms with van der Waals surface area (Å²) in [5.74, 6) is 0.743. The average Bonchev–Trinajstić information content (AvgIpc) is 2.49. The lowest BCUT2D eigenvalue weighted by Gasteiger charge is -2.45. The minimum atomic E-state index is 0.00349. The van der Waals surface area contributed by atoms with Crippen LogP contribution in [-0.4, -0.2) is 43.0 Å². The van der Waals surface area contributed by atoms with Gasteiger partial charge < -0.3 is 15.5 Å². The molecule has 108 valence electrons. The minimum Gasteiger partial charge on any atom is -0.325 e. The predicted octanol–water partition coefficient (Wildman–Crippen LogP) is 1.96. The van der Waals surface area contributed by atoms with Gasteiger partial charge in [-0.2, -0.15) is 0 Å². The number of carbonyl (C=O) groups excluding carboxylic acids is 1. The van der Waals surface area contributed by atoms with E-state index < -0.39 is 0 Å². The van der Waals surface area contributed by atoms with Crippen molar-refractivity contribution in [1.82, 2.24) is 10.2 Å². The molecule has 3 heterocycles. The van der Waals surface area contributed by atoms with E-state index in [4.69, 9.17) is 11.6 Å². The van der Waals surface area contributed by atoms with Crippen LogP contribution in [0.15, 0.2) is 24.3 Å². The van der Waals surface area contributed by atoms with Crippen molar-refractivity contribution < 1.29 is 4.79 Å². The fourth-order valence-electron chi connectivity index (χ4n) is 3.16. The quantitative estimate of drug-likeness (QED) is 0.892. The second-order valence-corrected chi connectivity index (χ2v) is 6.12. The third kappa shape index (κ3) is 3.32. The molecular formula is C15H20ClN3O. The molecule has 0 saturated carbocycles. The summed E-state index contributed by atoms with van der Waals surface area (Å²) in [6.07, 6.45) is 2.52. The summed E-state index contributed by atoms with van der Waals surface area (Å²) in [6.45, 7) is 3.90. The molecule has 0 aromatic heterocycles. The summed E-state index contributed by atoms with van der Waals surface area (Å²) in [5.41, 5.74) is 0.787. The van der Waals surface area contributed by atoms with Gasteiger partial charge in [0.1, 0.15) is 0 Å². The third-order valence-electron chi connectivity index (χ3n) is 4.31. The van der Waals surface area contributed by atoms with E-state index in [2.05, 4.69) is 15.5 Å². The van der Waals surface area contributed by atoms with Crippen LogP contribution in [-0.2, 0) is 4.79 Å². The summed E-state index contributed by atoms with van der Waals surface area (Å²) >= 11 is 5.82. The van der Waals surface area contributed by atoms with Crippen molar-refractivity contribution in [2.45, 2.75) is 18.9 Å². The Morgan fingerprint density at radius 3 is 2.55 bits per heavy atom. The topological polar surface area (TPSA) is 44.4 Å². The largest absolute Gasteiger partial charge is 0.325 e. The SMILES string of the molecule is O=C(CNC1CN2CCC1CC2)Nc1ccc(Cl)cc1. The Kier molecular flexibility index (Phi) is 4.24. The number of piperidine rings is 3. The maximum Gasteiger partial charge on any atom is 0.238 e. The van der Waals surface area contributed by atoms with Crippen molar-refractivity contribution >= 4 is 23.2 Å². The van der Waals surface area contributed by atoms with Gasteiger partial charge in [-0.15, -0.1) is 0 Å². The van der Waals surface area contributed by atoms with E-state index in [0.29, 0.717) is 17.6 Å². The molecular weight excluding hydrogens is 274 g/mol. The summed E-state index contributed by atoms with van der Waals surface area (Å²) in [7, 11) is 0. The van der Waals surface area contributed by atoms with Gasteiger partial charge in [0.25, 0.3) is 0 Å². The van der Waals surface area contributed by atoms with Crippen molar-refractivity contribution in [2.75, 3.05) is 31.5 Å². The number of fused-ring (bicyclic) bond motifs is 3. The van der Waals surface area contributed by atoms with Crippen LogP contribution < -0.4 is 10.6 Å². The molecule has 2 N–H and O–H groups in total. The lowest BCUT2D eigenvalue weighted by molar-refractivity contribution is -0.115. The molecule has 3 aliphatic heterocycles. The van der Waals surface area contributed by atoms with E-state index in [0.717, 1.165) is 18.2 Å². The standard InChI is InChI=1S/C15H20ClN3O/c16-12-1-3-13(4-2-12)18-15(20)9-17-14-10-19-7-5-11(14)6-8-19/h1-4,11,14,17H,5-10H2,(H,18,20). The highest BCUT2D eigenvalue weighted by Gasteiger charge is 2.33. The molecule has 1 aromatic rings. The molecule has 0 radical (unpaired) electrons. The van der Waals surface area contributed by atoms with Crippen LogP contribution in [0.25, 0.3) is 0 Å². The van der Waals surface area contributed by atoms with Crippen molar-refractivity contribution in [3.63, 3.8) is 0 Å². The Balaban J connectivity index is 1.46. The zero-order valence-corrected chi connectivity index (χ0v) is 12.2. The van der Waals surface area contributed by atoms with Gasteiger partial charge in [-0.05, 0) is 56.1 Å². The first-order chi connectivity index (χ1) is 9.70. The molecule has 1 unspecified atom stereocenters. The lowest BCUT2D eigenvalue weighted by atomic mass is 9.84. The second kappa shape index (κ2) is 6.12. The molecule has 5 heteroatoms. The van der Waals surface area contributed by atoms with Gasteiger partial charge >= 0.3 is 0 Å². The smallest absolute Gasteiger partial charge is 0.238 e. The normalized spacial score (nSPS) is 28.4. The Labute approximate surface area is 124 Å². The molecule has 3 fully saturated rings. The molecule has 1 aromatic carbocycles. The van der Waals surface area contributed by atoms with E-state index in [9.17, 15) is 4.79 Å². The van der Waals surface area contributed by atoms with Crippen LogP contribution in [0.3, 0.4) is 0 Å². The Bertz CT molecular complexity index is 469. The summed E-state index contributed by atoms with van der Waals surface area (Å²) in [4.78, 5) is 14.4. The summed E-state index contributed by atoms with van der Waals surface area (Å²) in [5, 5.41) is 6.96. The number of hydrogen-bond donors (Lipinski definition) is 2. The lowest BCUT2D eigenvalue weighted by Crippen LogP contribution is -2.57. The van der Waals surface area contributed by atoms with Gasteiger partial charge in [0.05, 0.1) is 6.54 Å². The number of nitrogens with zero attached hydrogens (tertiary/aromatic N) is 1. The molecule has 2 bridgehead atoms. The minimum absolute atomic E-state index is 0.00349. The van der Waals surface area contributed by atoms with Crippen molar-refractivity contribution in [3.05, 3.63) is 29.3 Å². The molecule has 3 aliphatic rings. The number of amides is 1. The molecule has 1 amide bonds. The Morgan fingerprint density at radius 1 is 1.25 bits per heavy atom. The summed E-state index contributed by atoms with van der Waals surface area (Å²) in [6, 6.07) is 7.65. The van der Waals surface area contributed by atoms with E-state index in [-0.39, 0.29) is 5.91 Å². The van der Waals surface area contributed by atoms with E-state index in [1.54, 1.807) is 12.1 Å². The van der Waals surface area contributed by atoms with E-state index in [1.807, 2.05) is 12.1 Å². The first-order valence-electron chi connectivity index (χ1n) is 7.22. The first-order valence-corrected chi connectivity index (χ1v) is 7.59. The maximum atomic E-state index is 11.9. The van der Waals surface area contributed by atoms with Crippen LogP contribution in [0.4, 0.5) is 5.69 Å². The van der Waals surface area contributed by atoms with Gasteiger partial charge in [-0.3, -0.25) is 4.79 Å².